The monoisotopic (exact) mass is 514 g/mol. The molecule has 1 aliphatic heterocycles. The molecule has 2 aromatic carbocycles. The van der Waals surface area contributed by atoms with Gasteiger partial charge in [0, 0.05) is 18.7 Å². The largest absolute Gasteiger partial charge is 0.492 e. The van der Waals surface area contributed by atoms with Crippen molar-refractivity contribution >= 4 is 46.3 Å². The van der Waals surface area contributed by atoms with Gasteiger partial charge >= 0.3 is 0 Å². The van der Waals surface area contributed by atoms with E-state index in [0.717, 1.165) is 39.9 Å². The minimum absolute atomic E-state index is 0.230. The Kier molecular flexibility index (Phi) is 8.44. The Balaban J connectivity index is 1.29. The smallest absolute Gasteiger partial charge is 0.286 e. The lowest BCUT2D eigenvalue weighted by Crippen LogP contribution is -2.25. The fourth-order valence-electron chi connectivity index (χ4n) is 3.48. The van der Waals surface area contributed by atoms with E-state index in [0.29, 0.717) is 36.4 Å². The molecule has 0 saturated carbocycles. The molecular formula is C24H23ClN4O3S2. The number of imide groups is 1. The average molecular weight is 515 g/mol. The molecule has 2 N–H and O–H groups in total. The number of aromatic nitrogens is 2. The quantitative estimate of drug-likeness (QED) is 0.176. The second-order valence-electron chi connectivity index (χ2n) is 7.45. The second kappa shape index (κ2) is 11.7. The van der Waals surface area contributed by atoms with Crippen LogP contribution in [0.15, 0.2) is 59.8 Å². The van der Waals surface area contributed by atoms with Crippen molar-refractivity contribution in [3.05, 3.63) is 71.0 Å². The van der Waals surface area contributed by atoms with E-state index in [-0.39, 0.29) is 16.4 Å². The lowest BCUT2D eigenvalue weighted by atomic mass is 10.1. The van der Waals surface area contributed by atoms with Crippen molar-refractivity contribution < 1.29 is 14.3 Å². The van der Waals surface area contributed by atoms with Crippen LogP contribution < -0.4 is 15.4 Å². The van der Waals surface area contributed by atoms with Gasteiger partial charge in [-0.2, -0.15) is 0 Å². The topological polar surface area (TPSA) is 93.2 Å². The van der Waals surface area contributed by atoms with Gasteiger partial charge in [-0.25, -0.2) is 9.97 Å². The number of ether oxygens (including phenoxy) is 1. The molecular weight excluding hydrogens is 492 g/mol. The standard InChI is InChI=1S/C24H23ClN4O3S2/c1-33-23-27-18(20(21(25)28-23)16-5-3-2-4-6-16)14-26-11-12-32-17-9-7-15(8-10-17)13-19-22(30)29-24(31)34-19/h2-10,19,26H,11-14H2,1H3,(H,29,30,31). The van der Waals surface area contributed by atoms with E-state index in [1.807, 2.05) is 60.9 Å². The molecule has 34 heavy (non-hydrogen) atoms. The average Bonchev–Trinajstić information content (AvgIpc) is 3.16. The Hall–Kier alpha value is -2.59. The first-order valence-electron chi connectivity index (χ1n) is 10.6. The Bertz CT molecular complexity index is 1160. The van der Waals surface area contributed by atoms with E-state index < -0.39 is 0 Å². The van der Waals surface area contributed by atoms with Crippen molar-refractivity contribution in [2.24, 2.45) is 0 Å². The van der Waals surface area contributed by atoms with Crippen molar-refractivity contribution in [1.82, 2.24) is 20.6 Å². The Labute approximate surface area is 211 Å². The molecule has 0 aliphatic carbocycles. The first-order chi connectivity index (χ1) is 16.5. The van der Waals surface area contributed by atoms with E-state index in [4.69, 9.17) is 16.3 Å². The number of halogens is 1. The molecule has 1 fully saturated rings. The van der Waals surface area contributed by atoms with Crippen LogP contribution in [0.3, 0.4) is 0 Å². The molecule has 3 aromatic rings. The maximum atomic E-state index is 11.7. The van der Waals surface area contributed by atoms with Gasteiger partial charge in [0.1, 0.15) is 17.5 Å². The summed E-state index contributed by atoms with van der Waals surface area (Å²) in [4.78, 5) is 32.1. The van der Waals surface area contributed by atoms with Crippen LogP contribution in [0.2, 0.25) is 5.15 Å². The van der Waals surface area contributed by atoms with Gasteiger partial charge in [-0.15, -0.1) is 0 Å². The van der Waals surface area contributed by atoms with Gasteiger partial charge in [-0.3, -0.25) is 14.9 Å². The zero-order chi connectivity index (χ0) is 23.9. The Morgan fingerprint density at radius 3 is 2.56 bits per heavy atom. The first-order valence-corrected chi connectivity index (χ1v) is 13.1. The molecule has 1 atom stereocenters. The number of rotatable bonds is 10. The summed E-state index contributed by atoms with van der Waals surface area (Å²) >= 11 is 8.98. The predicted octanol–water partition coefficient (Wildman–Crippen LogP) is 4.58. The van der Waals surface area contributed by atoms with E-state index in [1.165, 1.54) is 11.8 Å². The van der Waals surface area contributed by atoms with Gasteiger partial charge in [-0.1, -0.05) is 77.6 Å². The summed E-state index contributed by atoms with van der Waals surface area (Å²) < 4.78 is 5.83. The SMILES string of the molecule is CSc1nc(Cl)c(-c2ccccc2)c(CNCCOc2ccc(CC3SC(=O)NC3=O)cc2)n1. The Morgan fingerprint density at radius 2 is 1.88 bits per heavy atom. The van der Waals surface area contributed by atoms with E-state index >= 15 is 0 Å². The normalized spacial score (nSPS) is 15.4. The van der Waals surface area contributed by atoms with Gasteiger partial charge in [0.25, 0.3) is 5.24 Å². The van der Waals surface area contributed by atoms with Crippen molar-refractivity contribution in [2.45, 2.75) is 23.4 Å². The fraction of sp³-hybridized carbons (Fsp3) is 0.250. The number of amides is 2. The van der Waals surface area contributed by atoms with Gasteiger partial charge in [0.15, 0.2) is 5.16 Å². The summed E-state index contributed by atoms with van der Waals surface area (Å²) in [5, 5.41) is 6.10. The molecule has 0 bridgehead atoms. The maximum absolute atomic E-state index is 11.7. The molecule has 4 rings (SSSR count). The number of carbonyl (C=O) groups is 2. The maximum Gasteiger partial charge on any atom is 0.286 e. The number of hydrogen-bond acceptors (Lipinski definition) is 8. The molecule has 2 amide bonds. The molecule has 0 spiro atoms. The molecule has 176 valence electrons. The van der Waals surface area contributed by atoms with Crippen LogP contribution in [0.5, 0.6) is 5.75 Å². The zero-order valence-electron chi connectivity index (χ0n) is 18.4. The molecule has 10 heteroatoms. The van der Waals surface area contributed by atoms with Crippen LogP contribution >= 0.6 is 35.1 Å². The lowest BCUT2D eigenvalue weighted by Gasteiger charge is -2.13. The van der Waals surface area contributed by atoms with Gasteiger partial charge < -0.3 is 10.1 Å². The molecule has 7 nitrogen and oxygen atoms in total. The summed E-state index contributed by atoms with van der Waals surface area (Å²) in [7, 11) is 0. The lowest BCUT2D eigenvalue weighted by molar-refractivity contribution is -0.118. The summed E-state index contributed by atoms with van der Waals surface area (Å²) in [5.41, 5.74) is 3.63. The minimum atomic E-state index is -0.369. The van der Waals surface area contributed by atoms with Crippen molar-refractivity contribution in [2.75, 3.05) is 19.4 Å². The zero-order valence-corrected chi connectivity index (χ0v) is 20.8. The molecule has 1 aliphatic rings. The van der Waals surface area contributed by atoms with Crippen LogP contribution in [0, 0.1) is 0 Å². The molecule has 1 aromatic heterocycles. The number of hydrogen-bond donors (Lipinski definition) is 2. The van der Waals surface area contributed by atoms with Gasteiger partial charge in [-0.05, 0) is 35.9 Å². The minimum Gasteiger partial charge on any atom is -0.492 e. The highest BCUT2D eigenvalue weighted by Crippen LogP contribution is 2.30. The molecule has 2 heterocycles. The van der Waals surface area contributed by atoms with Crippen LogP contribution in [-0.4, -0.2) is 45.8 Å². The summed E-state index contributed by atoms with van der Waals surface area (Å²) in [6, 6.07) is 17.5. The predicted molar refractivity (Wildman–Crippen MR) is 137 cm³/mol. The first kappa shape index (κ1) is 24.5. The summed E-state index contributed by atoms with van der Waals surface area (Å²) in [6.45, 7) is 1.62. The number of thioether (sulfide) groups is 2. The van der Waals surface area contributed by atoms with Gasteiger partial charge in [0.05, 0.1) is 10.9 Å². The molecule has 1 saturated heterocycles. The summed E-state index contributed by atoms with van der Waals surface area (Å²) in [6.07, 6.45) is 2.43. The van der Waals surface area contributed by atoms with E-state index in [9.17, 15) is 9.59 Å². The fourth-order valence-corrected chi connectivity index (χ4v) is 5.07. The van der Waals surface area contributed by atoms with Crippen LogP contribution in [0.25, 0.3) is 11.1 Å². The third kappa shape index (κ3) is 6.29. The number of carbonyl (C=O) groups excluding carboxylic acids is 2. The van der Waals surface area contributed by atoms with Crippen LogP contribution in [0.1, 0.15) is 11.3 Å². The highest BCUT2D eigenvalue weighted by Gasteiger charge is 2.31. The number of benzene rings is 2. The van der Waals surface area contributed by atoms with Crippen molar-refractivity contribution in [3.63, 3.8) is 0 Å². The van der Waals surface area contributed by atoms with Crippen molar-refractivity contribution in [1.29, 1.82) is 0 Å². The van der Waals surface area contributed by atoms with Crippen LogP contribution in [-0.2, 0) is 17.8 Å². The number of nitrogens with one attached hydrogen (secondary N) is 2. The summed E-state index contributed by atoms with van der Waals surface area (Å²) in [5.74, 6) is 0.510. The molecule has 0 radical (unpaired) electrons. The third-order valence-corrected chi connectivity index (χ3v) is 6.92. The van der Waals surface area contributed by atoms with Crippen LogP contribution in [0.4, 0.5) is 4.79 Å². The van der Waals surface area contributed by atoms with E-state index in [1.54, 1.807) is 0 Å². The molecule has 1 unspecified atom stereocenters. The third-order valence-electron chi connectivity index (χ3n) is 5.12. The van der Waals surface area contributed by atoms with Gasteiger partial charge in [0.2, 0.25) is 5.91 Å². The van der Waals surface area contributed by atoms with E-state index in [2.05, 4.69) is 20.6 Å². The second-order valence-corrected chi connectivity index (χ2v) is 9.75. The van der Waals surface area contributed by atoms with Crippen molar-refractivity contribution in [3.8, 4) is 16.9 Å². The highest BCUT2D eigenvalue weighted by molar-refractivity contribution is 8.15. The highest BCUT2D eigenvalue weighted by atomic mass is 35.5. The Morgan fingerprint density at radius 1 is 1.12 bits per heavy atom. The number of nitrogens with zero attached hydrogens (tertiary/aromatic N) is 2.